The smallest absolute Gasteiger partial charge is 0.268 e. The highest BCUT2D eigenvalue weighted by Gasteiger charge is 2.21. The Morgan fingerprint density at radius 2 is 1.33 bits per heavy atom. The fourth-order valence-corrected chi connectivity index (χ4v) is 2.67. The maximum absolute atomic E-state index is 5.88. The molecule has 0 aliphatic rings. The summed E-state index contributed by atoms with van der Waals surface area (Å²) < 4.78 is 21.9. The largest absolute Gasteiger partial charge is 0.542 e. The molecule has 0 spiro atoms. The molecular weight excluding hydrogens is 264 g/mol. The van der Waals surface area contributed by atoms with Crippen LogP contribution in [0.5, 0.6) is 0 Å². The highest BCUT2D eigenvalue weighted by atomic mass is 28.4. The number of allylic oxidation sites excluding steroid dienone is 1. The molecule has 4 nitrogen and oxygen atoms in total. The Bertz CT molecular complexity index is 311. The number of methoxy groups -OCH3 is 2. The zero-order chi connectivity index (χ0) is 14.4. The first-order valence-corrected chi connectivity index (χ1v) is 12.8. The molecule has 0 aliphatic heterocycles. The van der Waals surface area contributed by atoms with E-state index in [0.29, 0.717) is 11.7 Å². The van der Waals surface area contributed by atoms with Crippen molar-refractivity contribution < 1.29 is 18.3 Å². The monoisotopic (exact) mass is 290 g/mol. The molecule has 0 aromatic carbocycles. The zero-order valence-corrected chi connectivity index (χ0v) is 14.8. The number of ether oxygens (including phenoxy) is 2. The molecule has 0 atom stereocenters. The van der Waals surface area contributed by atoms with Gasteiger partial charge in [0.1, 0.15) is 12.0 Å². The van der Waals surface area contributed by atoms with Crippen LogP contribution in [-0.4, -0.2) is 30.9 Å². The van der Waals surface area contributed by atoms with E-state index < -0.39 is 16.6 Å². The van der Waals surface area contributed by atoms with E-state index in [9.17, 15) is 0 Å². The van der Waals surface area contributed by atoms with Crippen LogP contribution in [0.15, 0.2) is 24.0 Å². The Morgan fingerprint density at radius 3 is 1.67 bits per heavy atom. The predicted molar refractivity (Wildman–Crippen MR) is 79.0 cm³/mol. The fraction of sp³-hybridized carbons (Fsp3) is 0.667. The standard InChI is InChI=1S/C12H26O4Si2/c1-13-10-11(15-17(3,4)5)9-12(14-2)16-18(6,7)8/h9-10H,1-8H3. The van der Waals surface area contributed by atoms with Crippen molar-refractivity contribution in [1.29, 1.82) is 0 Å². The van der Waals surface area contributed by atoms with E-state index in [0.717, 1.165) is 0 Å². The van der Waals surface area contributed by atoms with Crippen molar-refractivity contribution in [3.8, 4) is 0 Å². The Morgan fingerprint density at radius 1 is 0.833 bits per heavy atom. The Kier molecular flexibility index (Phi) is 6.55. The molecular formula is C12H26O4Si2. The van der Waals surface area contributed by atoms with E-state index in [1.165, 1.54) is 0 Å². The maximum Gasteiger partial charge on any atom is 0.268 e. The van der Waals surface area contributed by atoms with Gasteiger partial charge < -0.3 is 18.3 Å². The second-order valence-corrected chi connectivity index (χ2v) is 14.7. The second-order valence-electron chi connectivity index (χ2n) is 5.85. The lowest BCUT2D eigenvalue weighted by atomic mass is 10.5. The zero-order valence-electron chi connectivity index (χ0n) is 12.8. The van der Waals surface area contributed by atoms with Gasteiger partial charge in [-0.25, -0.2) is 0 Å². The summed E-state index contributed by atoms with van der Waals surface area (Å²) in [6.45, 7) is 12.6. The van der Waals surface area contributed by atoms with Crippen LogP contribution < -0.4 is 0 Å². The molecule has 0 heterocycles. The van der Waals surface area contributed by atoms with Gasteiger partial charge in [-0.1, -0.05) is 0 Å². The van der Waals surface area contributed by atoms with Gasteiger partial charge in [0.2, 0.25) is 16.6 Å². The molecule has 0 N–H and O–H groups in total. The SMILES string of the molecule is COC=C(C=C(OC)O[Si](C)(C)C)O[Si](C)(C)C. The van der Waals surface area contributed by atoms with E-state index in [1.54, 1.807) is 26.6 Å². The molecule has 18 heavy (non-hydrogen) atoms. The first kappa shape index (κ1) is 17.1. The normalized spacial score (nSPS) is 14.2. The minimum atomic E-state index is -1.70. The molecule has 0 aliphatic carbocycles. The molecule has 0 unspecified atom stereocenters. The van der Waals surface area contributed by atoms with Crippen LogP contribution in [-0.2, 0) is 18.3 Å². The quantitative estimate of drug-likeness (QED) is 0.407. The molecule has 0 aromatic heterocycles. The van der Waals surface area contributed by atoms with Crippen molar-refractivity contribution in [2.45, 2.75) is 39.3 Å². The first-order valence-electron chi connectivity index (χ1n) is 5.94. The predicted octanol–water partition coefficient (Wildman–Crippen LogP) is 3.67. The molecule has 0 rings (SSSR count). The first-order chi connectivity index (χ1) is 8.07. The van der Waals surface area contributed by atoms with E-state index in [-0.39, 0.29) is 0 Å². The van der Waals surface area contributed by atoms with Crippen molar-refractivity contribution in [3.63, 3.8) is 0 Å². The minimum absolute atomic E-state index is 0.468. The molecule has 0 bridgehead atoms. The van der Waals surface area contributed by atoms with E-state index in [1.807, 2.05) is 0 Å². The van der Waals surface area contributed by atoms with Gasteiger partial charge in [-0.15, -0.1) is 0 Å². The van der Waals surface area contributed by atoms with E-state index >= 15 is 0 Å². The van der Waals surface area contributed by atoms with Crippen molar-refractivity contribution in [1.82, 2.24) is 0 Å². The average Bonchev–Trinajstić information content (AvgIpc) is 2.12. The molecule has 0 amide bonds. The van der Waals surface area contributed by atoms with Crippen LogP contribution in [0.25, 0.3) is 0 Å². The lowest BCUT2D eigenvalue weighted by Crippen LogP contribution is -2.26. The lowest BCUT2D eigenvalue weighted by molar-refractivity contribution is 0.145. The fourth-order valence-electron chi connectivity index (χ4n) is 1.11. The molecule has 106 valence electrons. The van der Waals surface area contributed by atoms with Crippen LogP contribution in [0.4, 0.5) is 0 Å². The highest BCUT2D eigenvalue weighted by Crippen LogP contribution is 2.17. The van der Waals surface area contributed by atoms with Crippen LogP contribution in [0.2, 0.25) is 39.3 Å². The maximum atomic E-state index is 5.88. The summed E-state index contributed by atoms with van der Waals surface area (Å²) in [5, 5.41) is 0. The summed E-state index contributed by atoms with van der Waals surface area (Å²) in [7, 11) is -0.205. The van der Waals surface area contributed by atoms with Gasteiger partial charge in [-0.3, -0.25) is 0 Å². The van der Waals surface area contributed by atoms with Crippen LogP contribution in [0.3, 0.4) is 0 Å². The van der Waals surface area contributed by atoms with Gasteiger partial charge in [0.15, 0.2) is 0 Å². The number of hydrogen-bond acceptors (Lipinski definition) is 4. The third-order valence-electron chi connectivity index (χ3n) is 1.53. The van der Waals surface area contributed by atoms with Gasteiger partial charge in [0, 0.05) is 0 Å². The third-order valence-corrected chi connectivity index (χ3v) is 3.19. The Hall–Kier alpha value is -0.886. The molecule has 0 saturated heterocycles. The molecule has 0 radical (unpaired) electrons. The van der Waals surface area contributed by atoms with Crippen molar-refractivity contribution in [2.75, 3.05) is 14.2 Å². The number of rotatable bonds is 7. The minimum Gasteiger partial charge on any atom is -0.542 e. The summed E-state index contributed by atoms with van der Waals surface area (Å²) in [5.74, 6) is 1.10. The highest BCUT2D eigenvalue weighted by molar-refractivity contribution is 6.70. The number of hydrogen-bond donors (Lipinski definition) is 0. The van der Waals surface area contributed by atoms with Crippen LogP contribution in [0, 0.1) is 0 Å². The van der Waals surface area contributed by atoms with E-state index in [4.69, 9.17) is 18.3 Å². The van der Waals surface area contributed by atoms with Gasteiger partial charge in [0.05, 0.1) is 20.3 Å². The summed E-state index contributed by atoms with van der Waals surface area (Å²) in [4.78, 5) is 0. The summed E-state index contributed by atoms with van der Waals surface area (Å²) in [5.41, 5.74) is 0. The van der Waals surface area contributed by atoms with Crippen molar-refractivity contribution in [3.05, 3.63) is 24.0 Å². The summed E-state index contributed by atoms with van der Waals surface area (Å²) in [6.07, 6.45) is 3.30. The van der Waals surface area contributed by atoms with E-state index in [2.05, 4.69) is 39.3 Å². The topological polar surface area (TPSA) is 36.9 Å². The van der Waals surface area contributed by atoms with Gasteiger partial charge in [0.25, 0.3) is 5.95 Å². The van der Waals surface area contributed by atoms with Gasteiger partial charge >= 0.3 is 0 Å². The molecule has 0 saturated carbocycles. The van der Waals surface area contributed by atoms with Crippen LogP contribution in [0.1, 0.15) is 0 Å². The molecule has 0 aromatic rings. The third kappa shape index (κ3) is 9.18. The Balaban J connectivity index is 4.96. The molecule has 6 heteroatoms. The van der Waals surface area contributed by atoms with Crippen LogP contribution >= 0.6 is 0 Å². The van der Waals surface area contributed by atoms with Crippen molar-refractivity contribution in [2.24, 2.45) is 0 Å². The van der Waals surface area contributed by atoms with Crippen molar-refractivity contribution >= 4 is 16.6 Å². The molecule has 0 fully saturated rings. The summed E-state index contributed by atoms with van der Waals surface area (Å²) in [6, 6.07) is 0. The summed E-state index contributed by atoms with van der Waals surface area (Å²) >= 11 is 0. The average molecular weight is 291 g/mol. The second kappa shape index (κ2) is 6.89. The van der Waals surface area contributed by atoms with Gasteiger partial charge in [-0.2, -0.15) is 0 Å². The lowest BCUT2D eigenvalue weighted by Gasteiger charge is -2.23. The van der Waals surface area contributed by atoms with Gasteiger partial charge in [-0.05, 0) is 39.3 Å². The Labute approximate surface area is 113 Å².